The largest absolute Gasteiger partial charge is 0.497 e. The number of oxazole rings is 1. The summed E-state index contributed by atoms with van der Waals surface area (Å²) in [6, 6.07) is 15.4. The highest BCUT2D eigenvalue weighted by Gasteiger charge is 2.17. The van der Waals surface area contributed by atoms with E-state index < -0.39 is 0 Å². The second-order valence-corrected chi connectivity index (χ2v) is 6.84. The van der Waals surface area contributed by atoms with Crippen LogP contribution in [0, 0.1) is 0 Å². The minimum atomic E-state index is 0.251. The Morgan fingerprint density at radius 1 is 0.926 bits per heavy atom. The third-order valence-electron chi connectivity index (χ3n) is 4.44. The van der Waals surface area contributed by atoms with Crippen molar-refractivity contribution in [2.75, 3.05) is 13.7 Å². The van der Waals surface area contributed by atoms with E-state index in [4.69, 9.17) is 30.8 Å². The number of aryl methyl sites for hydroxylation is 1. The molecule has 0 bridgehead atoms. The molecule has 4 nitrogen and oxygen atoms in total. The van der Waals surface area contributed by atoms with E-state index in [1.54, 1.807) is 7.11 Å². The number of aromatic nitrogens is 1. The van der Waals surface area contributed by atoms with E-state index in [0.29, 0.717) is 5.02 Å². The first-order valence-corrected chi connectivity index (χ1v) is 9.60. The fourth-order valence-corrected chi connectivity index (χ4v) is 3.08. The summed E-state index contributed by atoms with van der Waals surface area (Å²) in [5.41, 5.74) is 2.75. The minimum absolute atomic E-state index is 0.251. The van der Waals surface area contributed by atoms with Gasteiger partial charge >= 0.3 is 0 Å². The van der Waals surface area contributed by atoms with Crippen LogP contribution in [0.4, 0.5) is 0 Å². The van der Waals surface area contributed by atoms with Gasteiger partial charge in [0.05, 0.1) is 7.11 Å². The van der Waals surface area contributed by atoms with Crippen LogP contribution in [-0.2, 0) is 6.42 Å². The lowest BCUT2D eigenvalue weighted by Crippen LogP contribution is -1.88. The third-order valence-corrected chi connectivity index (χ3v) is 4.69. The molecule has 0 atom stereocenters. The van der Waals surface area contributed by atoms with Crippen molar-refractivity contribution >= 4 is 11.6 Å². The predicted molar refractivity (Wildman–Crippen MR) is 108 cm³/mol. The maximum absolute atomic E-state index is 8.88. The van der Waals surface area contributed by atoms with Gasteiger partial charge in [-0.15, -0.1) is 0 Å². The number of benzene rings is 2. The number of methoxy groups -OCH3 is 1. The van der Waals surface area contributed by atoms with Gasteiger partial charge in [0, 0.05) is 29.2 Å². The summed E-state index contributed by atoms with van der Waals surface area (Å²) in [5, 5.41) is 9.57. The van der Waals surface area contributed by atoms with Gasteiger partial charge in [-0.1, -0.05) is 36.6 Å². The van der Waals surface area contributed by atoms with E-state index in [-0.39, 0.29) is 6.61 Å². The molecule has 0 fully saturated rings. The van der Waals surface area contributed by atoms with Crippen LogP contribution < -0.4 is 4.74 Å². The third kappa shape index (κ3) is 5.12. The van der Waals surface area contributed by atoms with Crippen molar-refractivity contribution in [1.29, 1.82) is 0 Å². The molecule has 142 valence electrons. The zero-order valence-corrected chi connectivity index (χ0v) is 16.2. The van der Waals surface area contributed by atoms with Crippen molar-refractivity contribution < 1.29 is 14.3 Å². The van der Waals surface area contributed by atoms with E-state index in [1.165, 1.54) is 0 Å². The van der Waals surface area contributed by atoms with Crippen LogP contribution in [0.2, 0.25) is 5.02 Å². The van der Waals surface area contributed by atoms with Crippen LogP contribution in [0.25, 0.3) is 22.6 Å². The maximum Gasteiger partial charge on any atom is 0.195 e. The van der Waals surface area contributed by atoms with Gasteiger partial charge in [0.2, 0.25) is 0 Å². The lowest BCUT2D eigenvalue weighted by molar-refractivity contribution is 0.282. The highest BCUT2D eigenvalue weighted by molar-refractivity contribution is 6.30. The highest BCUT2D eigenvalue weighted by atomic mass is 35.5. The number of aliphatic hydroxyl groups excluding tert-OH is 1. The van der Waals surface area contributed by atoms with Crippen LogP contribution in [0.1, 0.15) is 31.6 Å². The van der Waals surface area contributed by atoms with E-state index in [2.05, 4.69) is 0 Å². The van der Waals surface area contributed by atoms with Gasteiger partial charge in [-0.05, 0) is 49.2 Å². The molecular weight excluding hydrogens is 362 g/mol. The highest BCUT2D eigenvalue weighted by Crippen LogP contribution is 2.34. The number of hydrogen-bond acceptors (Lipinski definition) is 4. The fraction of sp³-hybridized carbons (Fsp3) is 0.318. The standard InChI is InChI=1S/C22H24ClNO3/c1-26-19-13-9-17(10-14-19)22-21(16-7-11-18(23)12-8-16)24-20(27-22)6-4-2-3-5-15-25/h7-14,25H,2-6,15H2,1H3. The van der Waals surface area contributed by atoms with Gasteiger partial charge < -0.3 is 14.3 Å². The molecule has 0 radical (unpaired) electrons. The van der Waals surface area contributed by atoms with Crippen LogP contribution >= 0.6 is 11.6 Å². The normalized spacial score (nSPS) is 10.9. The lowest BCUT2D eigenvalue weighted by Gasteiger charge is -2.03. The Bertz CT molecular complexity index is 841. The van der Waals surface area contributed by atoms with Crippen molar-refractivity contribution in [1.82, 2.24) is 4.98 Å². The van der Waals surface area contributed by atoms with Crippen LogP contribution in [0.3, 0.4) is 0 Å². The molecule has 2 aromatic carbocycles. The maximum atomic E-state index is 8.88. The van der Waals surface area contributed by atoms with Crippen molar-refractivity contribution in [2.45, 2.75) is 32.1 Å². The molecule has 0 aliphatic heterocycles. The van der Waals surface area contributed by atoms with E-state index in [0.717, 1.165) is 66.3 Å². The zero-order chi connectivity index (χ0) is 19.1. The van der Waals surface area contributed by atoms with Gasteiger partial charge in [-0.3, -0.25) is 0 Å². The molecule has 0 aliphatic rings. The Labute approximate surface area is 164 Å². The van der Waals surface area contributed by atoms with Crippen LogP contribution in [-0.4, -0.2) is 23.8 Å². The minimum Gasteiger partial charge on any atom is -0.497 e. The molecule has 0 spiro atoms. The van der Waals surface area contributed by atoms with E-state index in [9.17, 15) is 0 Å². The molecule has 5 heteroatoms. The number of halogens is 1. The molecule has 27 heavy (non-hydrogen) atoms. The lowest BCUT2D eigenvalue weighted by atomic mass is 10.1. The van der Waals surface area contributed by atoms with Gasteiger partial charge in [0.1, 0.15) is 11.4 Å². The molecule has 3 aromatic rings. The van der Waals surface area contributed by atoms with Gasteiger partial charge in [-0.2, -0.15) is 0 Å². The molecule has 1 N–H and O–H groups in total. The quantitative estimate of drug-likeness (QED) is 0.475. The first-order valence-electron chi connectivity index (χ1n) is 9.22. The number of aliphatic hydroxyl groups is 1. The molecule has 0 saturated carbocycles. The molecule has 1 aromatic heterocycles. The molecule has 0 aliphatic carbocycles. The molecule has 0 unspecified atom stereocenters. The number of unbranched alkanes of at least 4 members (excludes halogenated alkanes) is 3. The number of hydrogen-bond donors (Lipinski definition) is 1. The van der Waals surface area contributed by atoms with Crippen LogP contribution in [0.5, 0.6) is 5.75 Å². The average Bonchev–Trinajstić information content (AvgIpc) is 3.12. The van der Waals surface area contributed by atoms with Crippen LogP contribution in [0.15, 0.2) is 52.9 Å². The predicted octanol–water partition coefficient (Wildman–Crippen LogP) is 5.77. The topological polar surface area (TPSA) is 55.5 Å². The average molecular weight is 386 g/mol. The first kappa shape index (κ1) is 19.5. The van der Waals surface area contributed by atoms with Gasteiger partial charge in [0.25, 0.3) is 0 Å². The van der Waals surface area contributed by atoms with Crippen molar-refractivity contribution in [3.05, 3.63) is 59.4 Å². The van der Waals surface area contributed by atoms with Gasteiger partial charge in [-0.25, -0.2) is 4.98 Å². The summed E-state index contributed by atoms with van der Waals surface area (Å²) in [7, 11) is 1.65. The Morgan fingerprint density at radius 3 is 2.26 bits per heavy atom. The summed E-state index contributed by atoms with van der Waals surface area (Å²) < 4.78 is 11.4. The zero-order valence-electron chi connectivity index (χ0n) is 15.5. The fourth-order valence-electron chi connectivity index (χ4n) is 2.95. The SMILES string of the molecule is COc1ccc(-c2oc(CCCCCCO)nc2-c2ccc(Cl)cc2)cc1. The summed E-state index contributed by atoms with van der Waals surface area (Å²) >= 11 is 6.03. The Hall–Kier alpha value is -2.30. The van der Waals surface area contributed by atoms with E-state index in [1.807, 2.05) is 48.5 Å². The summed E-state index contributed by atoms with van der Waals surface area (Å²) in [4.78, 5) is 4.76. The number of nitrogens with zero attached hydrogens (tertiary/aromatic N) is 1. The van der Waals surface area contributed by atoms with Crippen molar-refractivity contribution in [2.24, 2.45) is 0 Å². The van der Waals surface area contributed by atoms with Gasteiger partial charge in [0.15, 0.2) is 11.7 Å². The Balaban J connectivity index is 1.87. The number of ether oxygens (including phenoxy) is 1. The second-order valence-electron chi connectivity index (χ2n) is 6.41. The van der Waals surface area contributed by atoms with Crippen molar-refractivity contribution in [3.63, 3.8) is 0 Å². The second kappa shape index (κ2) is 9.58. The summed E-state index contributed by atoms with van der Waals surface area (Å²) in [6.45, 7) is 0.251. The summed E-state index contributed by atoms with van der Waals surface area (Å²) in [6.07, 6.45) is 4.69. The molecule has 0 saturated heterocycles. The monoisotopic (exact) mass is 385 g/mol. The Morgan fingerprint density at radius 2 is 1.59 bits per heavy atom. The Kier molecular flexibility index (Phi) is 6.91. The molecular formula is C22H24ClNO3. The molecule has 1 heterocycles. The summed E-state index contributed by atoms with van der Waals surface area (Å²) in [5.74, 6) is 2.29. The van der Waals surface area contributed by atoms with E-state index >= 15 is 0 Å². The molecule has 0 amide bonds. The first-order chi connectivity index (χ1) is 13.2. The number of rotatable bonds is 9. The molecule has 3 rings (SSSR count). The smallest absolute Gasteiger partial charge is 0.195 e. The van der Waals surface area contributed by atoms with Crippen molar-refractivity contribution in [3.8, 4) is 28.3 Å².